The highest BCUT2D eigenvalue weighted by molar-refractivity contribution is 7.89. The minimum atomic E-state index is -3.80. The molecule has 0 fully saturated rings. The van der Waals surface area contributed by atoms with E-state index in [4.69, 9.17) is 10.9 Å². The number of rotatable bonds is 4. The summed E-state index contributed by atoms with van der Waals surface area (Å²) in [5.74, 6) is 0. The highest BCUT2D eigenvalue weighted by Crippen LogP contribution is 2.22. The van der Waals surface area contributed by atoms with E-state index in [1.54, 1.807) is 16.8 Å². The van der Waals surface area contributed by atoms with Crippen molar-refractivity contribution in [2.24, 2.45) is 5.14 Å². The van der Waals surface area contributed by atoms with Crippen molar-refractivity contribution in [3.8, 4) is 5.69 Å². The molecule has 0 amide bonds. The molecular formula is C13H18N4O2S. The molecule has 1 aromatic carbocycles. The fourth-order valence-electron chi connectivity index (χ4n) is 2.05. The number of sulfonamides is 1. The van der Waals surface area contributed by atoms with Crippen molar-refractivity contribution >= 4 is 15.7 Å². The van der Waals surface area contributed by atoms with Gasteiger partial charge in [-0.3, -0.25) is 0 Å². The van der Waals surface area contributed by atoms with Crippen LogP contribution >= 0.6 is 0 Å². The third kappa shape index (κ3) is 2.68. The SMILES string of the molecule is CCc1cc(CC)n(-c2ccc(S(N)(=O)=O)c(N)c2)n1. The summed E-state index contributed by atoms with van der Waals surface area (Å²) in [7, 11) is -3.80. The molecule has 2 aromatic rings. The first-order valence-electron chi connectivity index (χ1n) is 6.37. The first-order chi connectivity index (χ1) is 9.36. The standard InChI is InChI=1S/C13H18N4O2S/c1-3-9-7-10(4-2)17(16-9)11-5-6-13(12(14)8-11)20(15,18)19/h5-8H,3-4,14H2,1-2H3,(H2,15,18,19). The van der Waals surface area contributed by atoms with Crippen molar-refractivity contribution in [2.45, 2.75) is 31.6 Å². The van der Waals surface area contributed by atoms with Crippen LogP contribution in [0.5, 0.6) is 0 Å². The van der Waals surface area contributed by atoms with Crippen LogP contribution in [-0.4, -0.2) is 18.2 Å². The second-order valence-electron chi connectivity index (χ2n) is 4.51. The lowest BCUT2D eigenvalue weighted by molar-refractivity contribution is 0.598. The van der Waals surface area contributed by atoms with Crippen molar-refractivity contribution in [1.29, 1.82) is 0 Å². The predicted molar refractivity (Wildman–Crippen MR) is 78.1 cm³/mol. The Labute approximate surface area is 118 Å². The Hall–Kier alpha value is -1.86. The van der Waals surface area contributed by atoms with E-state index in [1.165, 1.54) is 6.07 Å². The van der Waals surface area contributed by atoms with Crippen molar-refractivity contribution in [2.75, 3.05) is 5.73 Å². The predicted octanol–water partition coefficient (Wildman–Crippen LogP) is 1.23. The Morgan fingerprint density at radius 2 is 1.90 bits per heavy atom. The van der Waals surface area contributed by atoms with Crippen LogP contribution in [0.2, 0.25) is 0 Å². The molecule has 6 nitrogen and oxygen atoms in total. The quantitative estimate of drug-likeness (QED) is 0.827. The summed E-state index contributed by atoms with van der Waals surface area (Å²) >= 11 is 0. The van der Waals surface area contributed by atoms with Gasteiger partial charge in [0.15, 0.2) is 0 Å². The maximum absolute atomic E-state index is 11.4. The fourth-order valence-corrected chi connectivity index (χ4v) is 2.70. The zero-order chi connectivity index (χ0) is 14.9. The van der Waals surface area contributed by atoms with E-state index in [9.17, 15) is 8.42 Å². The lowest BCUT2D eigenvalue weighted by Crippen LogP contribution is -2.14. The van der Waals surface area contributed by atoms with Crippen LogP contribution < -0.4 is 10.9 Å². The minimum Gasteiger partial charge on any atom is -0.398 e. The molecule has 7 heteroatoms. The zero-order valence-corrected chi connectivity index (χ0v) is 12.3. The largest absolute Gasteiger partial charge is 0.398 e. The molecule has 0 aliphatic rings. The van der Waals surface area contributed by atoms with Crippen LogP contribution in [0.1, 0.15) is 25.2 Å². The summed E-state index contributed by atoms with van der Waals surface area (Å²) < 4.78 is 24.5. The summed E-state index contributed by atoms with van der Waals surface area (Å²) in [5, 5.41) is 9.58. The first kappa shape index (κ1) is 14.5. The summed E-state index contributed by atoms with van der Waals surface area (Å²) in [6, 6.07) is 6.67. The molecule has 2 rings (SSSR count). The summed E-state index contributed by atoms with van der Waals surface area (Å²) in [4.78, 5) is -0.0674. The Balaban J connectivity index is 2.55. The second kappa shape index (κ2) is 5.26. The molecule has 0 saturated heterocycles. The number of anilines is 1. The third-order valence-electron chi connectivity index (χ3n) is 3.10. The van der Waals surface area contributed by atoms with E-state index in [-0.39, 0.29) is 10.6 Å². The molecule has 0 aliphatic carbocycles. The zero-order valence-electron chi connectivity index (χ0n) is 11.5. The van der Waals surface area contributed by atoms with Crippen molar-refractivity contribution in [3.63, 3.8) is 0 Å². The minimum absolute atomic E-state index is 0.0674. The Morgan fingerprint density at radius 3 is 2.40 bits per heavy atom. The van der Waals surface area contributed by atoms with E-state index in [0.717, 1.165) is 29.9 Å². The molecule has 1 aromatic heterocycles. The summed E-state index contributed by atoms with van der Waals surface area (Å²) in [6.07, 6.45) is 1.66. The number of benzene rings is 1. The van der Waals surface area contributed by atoms with Gasteiger partial charge in [0, 0.05) is 5.69 Å². The molecule has 0 saturated carbocycles. The van der Waals surface area contributed by atoms with Gasteiger partial charge in [-0.05, 0) is 37.1 Å². The topological polar surface area (TPSA) is 104 Å². The molecule has 0 bridgehead atoms. The number of nitrogen functional groups attached to an aromatic ring is 1. The number of nitrogens with two attached hydrogens (primary N) is 2. The van der Waals surface area contributed by atoms with Gasteiger partial charge < -0.3 is 5.73 Å². The van der Waals surface area contributed by atoms with Crippen LogP contribution in [0, 0.1) is 0 Å². The smallest absolute Gasteiger partial charge is 0.240 e. The van der Waals surface area contributed by atoms with E-state index in [1.807, 2.05) is 19.9 Å². The molecular weight excluding hydrogens is 276 g/mol. The molecule has 0 aliphatic heterocycles. The Bertz CT molecular complexity index is 735. The van der Waals surface area contributed by atoms with E-state index in [0.29, 0.717) is 0 Å². The molecule has 1 heterocycles. The van der Waals surface area contributed by atoms with Gasteiger partial charge in [-0.15, -0.1) is 0 Å². The van der Waals surface area contributed by atoms with Gasteiger partial charge >= 0.3 is 0 Å². The van der Waals surface area contributed by atoms with E-state index >= 15 is 0 Å². The molecule has 108 valence electrons. The highest BCUT2D eigenvalue weighted by atomic mass is 32.2. The normalized spacial score (nSPS) is 11.8. The van der Waals surface area contributed by atoms with Gasteiger partial charge in [-0.1, -0.05) is 13.8 Å². The lowest BCUT2D eigenvalue weighted by atomic mass is 10.2. The third-order valence-corrected chi connectivity index (χ3v) is 4.09. The second-order valence-corrected chi connectivity index (χ2v) is 6.04. The van der Waals surface area contributed by atoms with Crippen LogP contribution in [-0.2, 0) is 22.9 Å². The van der Waals surface area contributed by atoms with E-state index in [2.05, 4.69) is 5.10 Å². The number of hydrogen-bond donors (Lipinski definition) is 2. The fraction of sp³-hybridized carbons (Fsp3) is 0.308. The van der Waals surface area contributed by atoms with Crippen molar-refractivity contribution < 1.29 is 8.42 Å². The molecule has 0 radical (unpaired) electrons. The van der Waals surface area contributed by atoms with Gasteiger partial charge in [0.2, 0.25) is 10.0 Å². The van der Waals surface area contributed by atoms with Gasteiger partial charge in [-0.25, -0.2) is 18.2 Å². The monoisotopic (exact) mass is 294 g/mol. The van der Waals surface area contributed by atoms with Crippen LogP contribution in [0.3, 0.4) is 0 Å². The number of aromatic nitrogens is 2. The Morgan fingerprint density at radius 1 is 1.20 bits per heavy atom. The summed E-state index contributed by atoms with van der Waals surface area (Å²) in [5.41, 5.74) is 8.66. The number of nitrogens with zero attached hydrogens (tertiary/aromatic N) is 2. The number of hydrogen-bond acceptors (Lipinski definition) is 4. The van der Waals surface area contributed by atoms with E-state index < -0.39 is 10.0 Å². The molecule has 4 N–H and O–H groups in total. The number of primary sulfonamides is 1. The maximum atomic E-state index is 11.4. The average Bonchev–Trinajstić information content (AvgIpc) is 2.80. The van der Waals surface area contributed by atoms with Gasteiger partial charge in [0.05, 0.1) is 17.1 Å². The molecule has 0 unspecified atom stereocenters. The van der Waals surface area contributed by atoms with Gasteiger partial charge in [0.25, 0.3) is 0 Å². The summed E-state index contributed by atoms with van der Waals surface area (Å²) in [6.45, 7) is 4.07. The van der Waals surface area contributed by atoms with Crippen molar-refractivity contribution in [1.82, 2.24) is 9.78 Å². The van der Waals surface area contributed by atoms with Crippen LogP contribution in [0.25, 0.3) is 5.69 Å². The first-order valence-corrected chi connectivity index (χ1v) is 7.92. The van der Waals surface area contributed by atoms with Crippen LogP contribution in [0.4, 0.5) is 5.69 Å². The molecule has 0 atom stereocenters. The van der Waals surface area contributed by atoms with Crippen molar-refractivity contribution in [3.05, 3.63) is 35.7 Å². The molecule has 0 spiro atoms. The Kier molecular flexibility index (Phi) is 3.82. The lowest BCUT2D eigenvalue weighted by Gasteiger charge is -2.09. The molecule has 20 heavy (non-hydrogen) atoms. The average molecular weight is 294 g/mol. The van der Waals surface area contributed by atoms with Gasteiger partial charge in [-0.2, -0.15) is 5.10 Å². The highest BCUT2D eigenvalue weighted by Gasteiger charge is 2.14. The van der Waals surface area contributed by atoms with Gasteiger partial charge in [0.1, 0.15) is 4.90 Å². The maximum Gasteiger partial charge on any atom is 0.240 e. The number of aryl methyl sites for hydroxylation is 2. The van der Waals surface area contributed by atoms with Crippen LogP contribution in [0.15, 0.2) is 29.2 Å².